The number of carbonyl (C=O) groups excluding carboxylic acids is 1. The van der Waals surface area contributed by atoms with E-state index in [2.05, 4.69) is 4.90 Å². The summed E-state index contributed by atoms with van der Waals surface area (Å²) < 4.78 is 5.34. The zero-order chi connectivity index (χ0) is 12.1. The van der Waals surface area contributed by atoms with Crippen LogP contribution in [0.5, 0.6) is 0 Å². The van der Waals surface area contributed by atoms with Crippen molar-refractivity contribution in [3.63, 3.8) is 0 Å². The van der Waals surface area contributed by atoms with Gasteiger partial charge in [-0.25, -0.2) is 0 Å². The number of rotatable bonds is 3. The van der Waals surface area contributed by atoms with Crippen LogP contribution in [0.1, 0.15) is 11.6 Å². The molecule has 92 valence electrons. The van der Waals surface area contributed by atoms with Crippen LogP contribution < -0.4 is 0 Å². The van der Waals surface area contributed by atoms with Gasteiger partial charge in [0.05, 0.1) is 13.2 Å². The van der Waals surface area contributed by atoms with Gasteiger partial charge in [-0.05, 0) is 11.8 Å². The lowest BCUT2D eigenvalue weighted by Crippen LogP contribution is -2.41. The van der Waals surface area contributed by atoms with Gasteiger partial charge in [0.15, 0.2) is 0 Å². The van der Waals surface area contributed by atoms with E-state index in [9.17, 15) is 4.79 Å². The summed E-state index contributed by atoms with van der Waals surface area (Å²) in [6.07, 6.45) is 1.85. The van der Waals surface area contributed by atoms with E-state index in [1.54, 1.807) is 0 Å². The first kappa shape index (κ1) is 12.6. The van der Waals surface area contributed by atoms with Crippen molar-refractivity contribution in [1.82, 2.24) is 4.90 Å². The van der Waals surface area contributed by atoms with Gasteiger partial charge >= 0.3 is 0 Å². The average Bonchev–Trinajstić information content (AvgIpc) is 2.41. The fraction of sp³-hybridized carbons (Fsp3) is 0.462. The molecule has 0 radical (unpaired) electrons. The molecule has 0 bridgehead atoms. The summed E-state index contributed by atoms with van der Waals surface area (Å²) in [7, 11) is 0. The van der Waals surface area contributed by atoms with Gasteiger partial charge in [0, 0.05) is 13.1 Å². The van der Waals surface area contributed by atoms with Crippen LogP contribution in [0.2, 0.25) is 0 Å². The van der Waals surface area contributed by atoms with E-state index in [1.165, 1.54) is 11.8 Å². The highest BCUT2D eigenvalue weighted by Crippen LogP contribution is 2.26. The monoisotopic (exact) mass is 251 g/mol. The second-order valence-corrected chi connectivity index (χ2v) is 4.80. The highest BCUT2D eigenvalue weighted by Gasteiger charge is 2.28. The van der Waals surface area contributed by atoms with E-state index in [1.807, 2.05) is 36.6 Å². The standard InChI is InChI=1S/C13H17NO2S/c1-17-13(15)12(11-5-3-2-4-6-11)14-7-9-16-10-8-14/h2-6,12H,7-10H2,1H3/t12-/m1/s1. The van der Waals surface area contributed by atoms with Crippen LogP contribution in [0.3, 0.4) is 0 Å². The Balaban J connectivity index is 2.21. The van der Waals surface area contributed by atoms with Crippen LogP contribution in [0.25, 0.3) is 0 Å². The third-order valence-electron chi connectivity index (χ3n) is 2.95. The summed E-state index contributed by atoms with van der Waals surface area (Å²) in [5, 5.41) is 0.207. The molecule has 2 rings (SSSR count). The summed E-state index contributed by atoms with van der Waals surface area (Å²) in [6, 6.07) is 9.86. The van der Waals surface area contributed by atoms with Crippen molar-refractivity contribution in [1.29, 1.82) is 0 Å². The molecule has 0 unspecified atom stereocenters. The van der Waals surface area contributed by atoms with E-state index in [-0.39, 0.29) is 11.2 Å². The number of hydrogen-bond acceptors (Lipinski definition) is 4. The Morgan fingerprint density at radius 2 is 1.94 bits per heavy atom. The number of benzene rings is 1. The first-order valence-corrected chi connectivity index (χ1v) is 7.00. The van der Waals surface area contributed by atoms with Gasteiger partial charge in [-0.15, -0.1) is 0 Å². The largest absolute Gasteiger partial charge is 0.379 e. The molecule has 0 saturated carbocycles. The summed E-state index contributed by atoms with van der Waals surface area (Å²) >= 11 is 1.30. The third-order valence-corrected chi connectivity index (χ3v) is 3.58. The quantitative estimate of drug-likeness (QED) is 0.821. The molecule has 0 amide bonds. The minimum absolute atomic E-state index is 0.130. The van der Waals surface area contributed by atoms with Gasteiger partial charge < -0.3 is 4.74 Å². The Hall–Kier alpha value is -0.840. The van der Waals surface area contributed by atoms with Crippen LogP contribution in [0.4, 0.5) is 0 Å². The predicted molar refractivity (Wildman–Crippen MR) is 70.1 cm³/mol. The molecule has 1 aliphatic rings. The molecule has 1 fully saturated rings. The predicted octanol–water partition coefficient (Wildman–Crippen LogP) is 1.95. The van der Waals surface area contributed by atoms with Crippen LogP contribution in [-0.4, -0.2) is 42.6 Å². The van der Waals surface area contributed by atoms with Gasteiger partial charge in [0.1, 0.15) is 6.04 Å². The Morgan fingerprint density at radius 1 is 1.29 bits per heavy atom. The van der Waals surface area contributed by atoms with E-state index in [0.29, 0.717) is 13.2 Å². The van der Waals surface area contributed by atoms with E-state index in [0.717, 1.165) is 18.7 Å². The van der Waals surface area contributed by atoms with Crippen molar-refractivity contribution in [2.45, 2.75) is 6.04 Å². The van der Waals surface area contributed by atoms with E-state index >= 15 is 0 Å². The van der Waals surface area contributed by atoms with Crippen molar-refractivity contribution < 1.29 is 9.53 Å². The van der Waals surface area contributed by atoms with Crippen molar-refractivity contribution in [3.8, 4) is 0 Å². The number of ether oxygens (including phenoxy) is 1. The fourth-order valence-corrected chi connectivity index (χ4v) is 2.59. The second kappa shape index (κ2) is 6.19. The molecule has 0 spiro atoms. The summed E-state index contributed by atoms with van der Waals surface area (Å²) in [5.74, 6) is 0. The Kier molecular flexibility index (Phi) is 4.59. The van der Waals surface area contributed by atoms with Crippen LogP contribution in [-0.2, 0) is 9.53 Å². The molecule has 1 atom stereocenters. The molecule has 1 aromatic rings. The topological polar surface area (TPSA) is 29.5 Å². The van der Waals surface area contributed by atoms with Crippen molar-refractivity contribution in [3.05, 3.63) is 35.9 Å². The van der Waals surface area contributed by atoms with Gasteiger partial charge in [0.25, 0.3) is 0 Å². The highest BCUT2D eigenvalue weighted by atomic mass is 32.2. The Bertz CT molecular complexity index is 363. The number of nitrogens with zero attached hydrogens (tertiary/aromatic N) is 1. The van der Waals surface area contributed by atoms with E-state index < -0.39 is 0 Å². The molecule has 1 saturated heterocycles. The van der Waals surface area contributed by atoms with Crippen LogP contribution >= 0.6 is 11.8 Å². The first-order valence-electron chi connectivity index (χ1n) is 5.77. The maximum atomic E-state index is 12.1. The smallest absolute Gasteiger partial charge is 0.210 e. The van der Waals surface area contributed by atoms with Crippen LogP contribution in [0, 0.1) is 0 Å². The Morgan fingerprint density at radius 3 is 2.53 bits per heavy atom. The molecule has 1 aromatic carbocycles. The summed E-state index contributed by atoms with van der Waals surface area (Å²) in [6.45, 7) is 3.08. The number of hydrogen-bond donors (Lipinski definition) is 0. The molecular formula is C13H17NO2S. The van der Waals surface area contributed by atoms with Gasteiger partial charge in [0.2, 0.25) is 5.12 Å². The van der Waals surface area contributed by atoms with E-state index in [4.69, 9.17) is 4.74 Å². The lowest BCUT2D eigenvalue weighted by molar-refractivity contribution is -0.117. The first-order chi connectivity index (χ1) is 8.33. The normalized spacial score (nSPS) is 18.9. The maximum absolute atomic E-state index is 12.1. The number of morpholine rings is 1. The lowest BCUT2D eigenvalue weighted by Gasteiger charge is -2.33. The zero-order valence-electron chi connectivity index (χ0n) is 9.96. The summed E-state index contributed by atoms with van der Waals surface area (Å²) in [5.41, 5.74) is 1.08. The minimum atomic E-state index is -0.130. The number of thioether (sulfide) groups is 1. The minimum Gasteiger partial charge on any atom is -0.379 e. The van der Waals surface area contributed by atoms with Gasteiger partial charge in [-0.3, -0.25) is 9.69 Å². The second-order valence-electron chi connectivity index (χ2n) is 3.98. The zero-order valence-corrected chi connectivity index (χ0v) is 10.8. The molecule has 0 aliphatic carbocycles. The molecule has 17 heavy (non-hydrogen) atoms. The molecule has 0 N–H and O–H groups in total. The van der Waals surface area contributed by atoms with Gasteiger partial charge in [-0.2, -0.15) is 0 Å². The highest BCUT2D eigenvalue weighted by molar-refractivity contribution is 8.13. The Labute approximate surface area is 106 Å². The third kappa shape index (κ3) is 3.09. The van der Waals surface area contributed by atoms with Gasteiger partial charge in [-0.1, -0.05) is 42.1 Å². The maximum Gasteiger partial charge on any atom is 0.210 e. The summed E-state index contributed by atoms with van der Waals surface area (Å²) in [4.78, 5) is 14.3. The van der Waals surface area contributed by atoms with Crippen molar-refractivity contribution >= 4 is 16.9 Å². The van der Waals surface area contributed by atoms with Crippen molar-refractivity contribution in [2.24, 2.45) is 0 Å². The molecule has 4 heteroatoms. The molecule has 0 aromatic heterocycles. The molecule has 1 aliphatic heterocycles. The SMILES string of the molecule is CSC(=O)[C@@H](c1ccccc1)N1CCOCC1. The lowest BCUT2D eigenvalue weighted by atomic mass is 10.1. The molecule has 3 nitrogen and oxygen atoms in total. The fourth-order valence-electron chi connectivity index (χ4n) is 2.08. The number of carbonyl (C=O) groups is 1. The average molecular weight is 251 g/mol. The molecule has 1 heterocycles. The molecular weight excluding hydrogens is 234 g/mol. The van der Waals surface area contributed by atoms with Crippen molar-refractivity contribution in [2.75, 3.05) is 32.6 Å². The van der Waals surface area contributed by atoms with Crippen LogP contribution in [0.15, 0.2) is 30.3 Å².